The highest BCUT2D eigenvalue weighted by molar-refractivity contribution is 5.79. The fourth-order valence-corrected chi connectivity index (χ4v) is 5.21. The van der Waals surface area contributed by atoms with Crippen LogP contribution in [0.4, 0.5) is 0 Å². The van der Waals surface area contributed by atoms with Crippen LogP contribution in [0, 0.1) is 5.92 Å². The smallest absolute Gasteiger partial charge is 0.305 e. The molecular weight excluding hydrogens is 454 g/mol. The number of nitrogens with zero attached hydrogens (tertiary/aromatic N) is 4. The molecule has 3 aliphatic rings. The van der Waals surface area contributed by atoms with Crippen LogP contribution in [0.2, 0.25) is 0 Å². The molecule has 1 aliphatic carbocycles. The van der Waals surface area contributed by atoms with E-state index in [1.807, 2.05) is 6.92 Å². The molecule has 1 saturated heterocycles. The first kappa shape index (κ1) is 24.4. The van der Waals surface area contributed by atoms with E-state index in [1.165, 1.54) is 11.1 Å². The summed E-state index contributed by atoms with van der Waals surface area (Å²) in [6, 6.07) is 8.41. The summed E-state index contributed by atoms with van der Waals surface area (Å²) in [5.74, 6) is 1.82. The van der Waals surface area contributed by atoms with Gasteiger partial charge in [0.1, 0.15) is 11.4 Å². The number of carbonyl (C=O) groups is 1. The van der Waals surface area contributed by atoms with Crippen molar-refractivity contribution in [1.29, 1.82) is 0 Å². The van der Waals surface area contributed by atoms with Gasteiger partial charge in [-0.3, -0.25) is 4.79 Å². The molecule has 190 valence electrons. The van der Waals surface area contributed by atoms with Gasteiger partial charge in [0.2, 0.25) is 5.82 Å². The Morgan fingerprint density at radius 2 is 2.08 bits per heavy atom. The van der Waals surface area contributed by atoms with E-state index in [4.69, 9.17) is 9.47 Å². The number of carbonyl (C=O) groups excluding carboxylic acids is 1. The zero-order chi connectivity index (χ0) is 24.8. The molecule has 8 nitrogen and oxygen atoms in total. The fraction of sp³-hybridized carbons (Fsp3) is 0.500. The van der Waals surface area contributed by atoms with Gasteiger partial charge in [0.05, 0.1) is 13.2 Å². The Hall–Kier alpha value is -3.26. The second-order valence-electron chi connectivity index (χ2n) is 9.70. The predicted octanol–water partition coefficient (Wildman–Crippen LogP) is 4.35. The largest absolute Gasteiger partial charge is 0.482 e. The van der Waals surface area contributed by atoms with Crippen LogP contribution in [0.25, 0.3) is 11.1 Å². The highest BCUT2D eigenvalue weighted by Crippen LogP contribution is 2.44. The van der Waals surface area contributed by atoms with Gasteiger partial charge < -0.3 is 14.8 Å². The van der Waals surface area contributed by atoms with Crippen LogP contribution in [0.15, 0.2) is 48.6 Å². The number of hydrogen-bond donors (Lipinski definition) is 1. The van der Waals surface area contributed by atoms with Crippen LogP contribution >= 0.6 is 0 Å². The summed E-state index contributed by atoms with van der Waals surface area (Å²) in [6.07, 6.45) is 15.0. The van der Waals surface area contributed by atoms with E-state index < -0.39 is 0 Å². The summed E-state index contributed by atoms with van der Waals surface area (Å²) in [5.41, 5.74) is 3.34. The van der Waals surface area contributed by atoms with E-state index in [-0.39, 0.29) is 11.6 Å². The first-order chi connectivity index (χ1) is 17.7. The lowest BCUT2D eigenvalue weighted by Gasteiger charge is -2.41. The SMILES string of the molecule is CCOC(=O)CCCCCn1nnc(C2=CCC(C3=CC4(CCNCC4)Oc4ccccc43)C=C2)n1. The van der Waals surface area contributed by atoms with Crippen LogP contribution < -0.4 is 10.1 Å². The van der Waals surface area contributed by atoms with E-state index >= 15 is 0 Å². The van der Waals surface area contributed by atoms with Crippen molar-refractivity contribution in [2.75, 3.05) is 19.7 Å². The third-order valence-corrected chi connectivity index (χ3v) is 7.13. The quantitative estimate of drug-likeness (QED) is 0.413. The average Bonchev–Trinajstić information content (AvgIpc) is 3.38. The summed E-state index contributed by atoms with van der Waals surface area (Å²) in [5, 5.41) is 16.5. The topological polar surface area (TPSA) is 91.2 Å². The van der Waals surface area contributed by atoms with Gasteiger partial charge in [-0.05, 0) is 62.2 Å². The van der Waals surface area contributed by atoms with Gasteiger partial charge in [-0.1, -0.05) is 42.8 Å². The number of esters is 1. The minimum absolute atomic E-state index is 0.126. The van der Waals surface area contributed by atoms with Gasteiger partial charge in [-0.15, -0.1) is 10.2 Å². The lowest BCUT2D eigenvalue weighted by Crippen LogP contribution is -2.46. The number of hydrogen-bond acceptors (Lipinski definition) is 7. The fourth-order valence-electron chi connectivity index (χ4n) is 5.21. The molecule has 3 heterocycles. The highest BCUT2D eigenvalue weighted by Gasteiger charge is 2.38. The molecule has 2 aliphatic heterocycles. The average molecular weight is 490 g/mol. The zero-order valence-corrected chi connectivity index (χ0v) is 21.0. The number of para-hydroxylation sites is 1. The molecule has 1 aromatic heterocycles. The summed E-state index contributed by atoms with van der Waals surface area (Å²) in [7, 11) is 0. The number of aromatic nitrogens is 4. The Morgan fingerprint density at radius 3 is 2.89 bits per heavy atom. The summed E-state index contributed by atoms with van der Waals surface area (Å²) in [4.78, 5) is 13.1. The molecule has 1 aromatic carbocycles. The van der Waals surface area contributed by atoms with Crippen molar-refractivity contribution in [1.82, 2.24) is 25.5 Å². The first-order valence-electron chi connectivity index (χ1n) is 13.2. The van der Waals surface area contributed by atoms with Crippen molar-refractivity contribution in [3.8, 4) is 5.75 Å². The maximum Gasteiger partial charge on any atom is 0.305 e. The zero-order valence-electron chi connectivity index (χ0n) is 21.0. The van der Waals surface area contributed by atoms with Gasteiger partial charge in [0.15, 0.2) is 0 Å². The number of ether oxygens (including phenoxy) is 2. The number of piperidine rings is 1. The molecule has 1 spiro atoms. The molecule has 0 radical (unpaired) electrons. The van der Waals surface area contributed by atoms with Crippen LogP contribution in [0.5, 0.6) is 5.75 Å². The van der Waals surface area contributed by atoms with E-state index in [9.17, 15) is 4.79 Å². The van der Waals surface area contributed by atoms with Crippen molar-refractivity contribution in [3.05, 3.63) is 60.0 Å². The van der Waals surface area contributed by atoms with E-state index in [0.717, 1.165) is 62.9 Å². The number of rotatable bonds is 9. The summed E-state index contributed by atoms with van der Waals surface area (Å²) >= 11 is 0. The summed E-state index contributed by atoms with van der Waals surface area (Å²) < 4.78 is 11.5. The molecule has 0 saturated carbocycles. The Morgan fingerprint density at radius 1 is 1.22 bits per heavy atom. The molecule has 0 amide bonds. The van der Waals surface area contributed by atoms with Crippen molar-refractivity contribution in [2.24, 2.45) is 5.92 Å². The standard InChI is InChI=1S/C28H35N5O3/c1-2-35-26(34)10-4-3-7-19-33-31-27(30-32-33)22-13-11-21(12-14-22)24-20-28(15-17-29-18-16-28)36-25-9-6-5-8-23(24)25/h5-6,8-9,11,13-14,20-21,29H,2-4,7,10,12,15-19H2,1H3. The second kappa shape index (κ2) is 11.2. The minimum Gasteiger partial charge on any atom is -0.482 e. The first-order valence-corrected chi connectivity index (χ1v) is 13.2. The number of benzene rings is 1. The van der Waals surface area contributed by atoms with Crippen molar-refractivity contribution < 1.29 is 14.3 Å². The molecule has 1 fully saturated rings. The maximum atomic E-state index is 11.4. The lowest BCUT2D eigenvalue weighted by molar-refractivity contribution is -0.143. The number of tetrazole rings is 1. The van der Waals surface area contributed by atoms with Gasteiger partial charge >= 0.3 is 5.97 Å². The van der Waals surface area contributed by atoms with E-state index in [1.54, 1.807) is 4.80 Å². The molecule has 0 bridgehead atoms. The number of fused-ring (bicyclic) bond motifs is 1. The van der Waals surface area contributed by atoms with Crippen molar-refractivity contribution in [2.45, 2.75) is 64.0 Å². The number of unbranched alkanes of at least 4 members (excludes halogenated alkanes) is 2. The Kier molecular flexibility index (Phi) is 7.60. The molecule has 36 heavy (non-hydrogen) atoms. The number of aryl methyl sites for hydroxylation is 1. The molecule has 1 N–H and O–H groups in total. The van der Waals surface area contributed by atoms with E-state index in [0.29, 0.717) is 31.3 Å². The third kappa shape index (κ3) is 5.59. The normalized spacial score (nSPS) is 20.3. The van der Waals surface area contributed by atoms with Gasteiger partial charge in [-0.25, -0.2) is 0 Å². The molecule has 5 rings (SSSR count). The van der Waals surface area contributed by atoms with Crippen LogP contribution in [0.3, 0.4) is 0 Å². The minimum atomic E-state index is -0.215. The highest BCUT2D eigenvalue weighted by atomic mass is 16.5. The molecule has 1 unspecified atom stereocenters. The molecular formula is C28H35N5O3. The van der Waals surface area contributed by atoms with Crippen LogP contribution in [-0.4, -0.2) is 51.5 Å². The molecule has 8 heteroatoms. The Balaban J connectivity index is 1.20. The van der Waals surface area contributed by atoms with Gasteiger partial charge in [0.25, 0.3) is 0 Å². The van der Waals surface area contributed by atoms with Gasteiger partial charge in [-0.2, -0.15) is 4.80 Å². The van der Waals surface area contributed by atoms with Gasteiger partial charge in [0, 0.05) is 36.3 Å². The van der Waals surface area contributed by atoms with Crippen LogP contribution in [0.1, 0.15) is 63.3 Å². The number of nitrogens with one attached hydrogen (secondary N) is 1. The maximum absolute atomic E-state index is 11.4. The van der Waals surface area contributed by atoms with Crippen LogP contribution in [-0.2, 0) is 16.1 Å². The van der Waals surface area contributed by atoms with Crippen molar-refractivity contribution in [3.63, 3.8) is 0 Å². The Bertz CT molecular complexity index is 1160. The Labute approximate surface area is 212 Å². The number of allylic oxidation sites excluding steroid dienone is 5. The molecule has 1 atom stereocenters. The van der Waals surface area contributed by atoms with Crippen molar-refractivity contribution >= 4 is 17.1 Å². The third-order valence-electron chi connectivity index (χ3n) is 7.13. The second-order valence-corrected chi connectivity index (χ2v) is 9.70. The van der Waals surface area contributed by atoms with E-state index in [2.05, 4.69) is 69.3 Å². The predicted molar refractivity (Wildman–Crippen MR) is 138 cm³/mol. The monoisotopic (exact) mass is 489 g/mol. The molecule has 2 aromatic rings. The summed E-state index contributed by atoms with van der Waals surface area (Å²) in [6.45, 7) is 4.91. The lowest BCUT2D eigenvalue weighted by atomic mass is 9.79.